The van der Waals surface area contributed by atoms with Crippen molar-refractivity contribution in [3.63, 3.8) is 0 Å². The van der Waals surface area contributed by atoms with E-state index in [9.17, 15) is 0 Å². The molecule has 2 N–H and O–H groups in total. The molecule has 1 fully saturated rings. The van der Waals surface area contributed by atoms with E-state index < -0.39 is 0 Å². The van der Waals surface area contributed by atoms with Crippen molar-refractivity contribution in [3.8, 4) is 5.88 Å². The Bertz CT molecular complexity index is 441. The minimum Gasteiger partial charge on any atom is -0.473 e. The Morgan fingerprint density at radius 3 is 2.30 bits per heavy atom. The van der Waals surface area contributed by atoms with E-state index in [1.54, 1.807) is 14.2 Å². The first-order valence-corrected chi connectivity index (χ1v) is 6.78. The highest BCUT2D eigenvalue weighted by molar-refractivity contribution is 5.55. The summed E-state index contributed by atoms with van der Waals surface area (Å²) in [7, 11) is 3.40. The summed E-state index contributed by atoms with van der Waals surface area (Å²) in [5, 5.41) is 0. The molecular formula is C14H23N3O3. The minimum absolute atomic E-state index is 0.0390. The summed E-state index contributed by atoms with van der Waals surface area (Å²) >= 11 is 0. The number of nitrogens with zero attached hydrogens (tertiary/aromatic N) is 2. The maximum Gasteiger partial charge on any atom is 0.239 e. The number of ether oxygens (including phenoxy) is 3. The van der Waals surface area contributed by atoms with Crippen LogP contribution in [0, 0.1) is 0 Å². The summed E-state index contributed by atoms with van der Waals surface area (Å²) in [5.74, 6) is 1.31. The lowest BCUT2D eigenvalue weighted by atomic mass is 10.3. The van der Waals surface area contributed by atoms with Crippen LogP contribution in [0.2, 0.25) is 0 Å². The van der Waals surface area contributed by atoms with Gasteiger partial charge < -0.3 is 24.8 Å². The zero-order valence-electron chi connectivity index (χ0n) is 12.5. The maximum absolute atomic E-state index is 5.89. The number of nitrogen functional groups attached to an aromatic ring is 1. The summed E-state index contributed by atoms with van der Waals surface area (Å²) < 4.78 is 16.5. The van der Waals surface area contributed by atoms with Crippen LogP contribution in [0.25, 0.3) is 0 Å². The van der Waals surface area contributed by atoms with Crippen molar-refractivity contribution in [2.75, 3.05) is 37.9 Å². The fourth-order valence-corrected chi connectivity index (χ4v) is 2.32. The largest absolute Gasteiger partial charge is 0.473 e. The predicted molar refractivity (Wildman–Crippen MR) is 78.2 cm³/mol. The Labute approximate surface area is 119 Å². The second-order valence-corrected chi connectivity index (χ2v) is 5.18. The summed E-state index contributed by atoms with van der Waals surface area (Å²) in [6.45, 7) is 5.39. The molecule has 0 spiro atoms. The molecule has 1 saturated heterocycles. The van der Waals surface area contributed by atoms with Gasteiger partial charge in [-0.3, -0.25) is 0 Å². The van der Waals surface area contributed by atoms with Crippen molar-refractivity contribution in [2.24, 2.45) is 0 Å². The van der Waals surface area contributed by atoms with Crippen LogP contribution in [0.4, 0.5) is 11.5 Å². The van der Waals surface area contributed by atoms with Crippen LogP contribution in [0.5, 0.6) is 5.88 Å². The van der Waals surface area contributed by atoms with E-state index in [-0.39, 0.29) is 18.3 Å². The van der Waals surface area contributed by atoms with Gasteiger partial charge in [0.2, 0.25) is 5.88 Å². The molecule has 20 heavy (non-hydrogen) atoms. The molecule has 1 aliphatic heterocycles. The number of hydrogen-bond acceptors (Lipinski definition) is 6. The molecule has 0 aliphatic carbocycles. The third-order valence-corrected chi connectivity index (χ3v) is 3.37. The average molecular weight is 281 g/mol. The number of hydrogen-bond donors (Lipinski definition) is 1. The van der Waals surface area contributed by atoms with Gasteiger partial charge in [0, 0.05) is 27.3 Å². The van der Waals surface area contributed by atoms with E-state index in [1.807, 2.05) is 26.0 Å². The van der Waals surface area contributed by atoms with Gasteiger partial charge in [0.05, 0.1) is 11.8 Å². The van der Waals surface area contributed by atoms with Gasteiger partial charge in [-0.25, -0.2) is 0 Å². The van der Waals surface area contributed by atoms with E-state index in [0.29, 0.717) is 11.6 Å². The summed E-state index contributed by atoms with van der Waals surface area (Å²) in [4.78, 5) is 6.62. The highest BCUT2D eigenvalue weighted by Gasteiger charge is 2.33. The third-order valence-electron chi connectivity index (χ3n) is 3.37. The zero-order chi connectivity index (χ0) is 14.7. The molecule has 0 saturated carbocycles. The van der Waals surface area contributed by atoms with E-state index in [2.05, 4.69) is 9.88 Å². The number of aromatic nitrogens is 1. The molecule has 6 nitrogen and oxygen atoms in total. The highest BCUT2D eigenvalue weighted by atomic mass is 16.5. The molecule has 6 heteroatoms. The van der Waals surface area contributed by atoms with Crippen LogP contribution < -0.4 is 15.4 Å². The predicted octanol–water partition coefficient (Wildman–Crippen LogP) is 1.30. The van der Waals surface area contributed by atoms with Gasteiger partial charge >= 0.3 is 0 Å². The molecule has 112 valence electrons. The van der Waals surface area contributed by atoms with Crippen molar-refractivity contribution in [1.82, 2.24) is 4.98 Å². The van der Waals surface area contributed by atoms with Crippen LogP contribution in [0.15, 0.2) is 12.1 Å². The third kappa shape index (κ3) is 3.13. The monoisotopic (exact) mass is 281 g/mol. The van der Waals surface area contributed by atoms with Crippen molar-refractivity contribution in [2.45, 2.75) is 32.2 Å². The molecule has 0 radical (unpaired) electrons. The minimum atomic E-state index is 0.0390. The number of pyridine rings is 1. The van der Waals surface area contributed by atoms with Gasteiger partial charge in [-0.15, -0.1) is 0 Å². The van der Waals surface area contributed by atoms with Gasteiger partial charge in [0.25, 0.3) is 0 Å². The van der Waals surface area contributed by atoms with Crippen LogP contribution >= 0.6 is 0 Å². The fourth-order valence-electron chi connectivity index (χ4n) is 2.32. The number of nitrogens with two attached hydrogens (primary N) is 1. The molecule has 2 unspecified atom stereocenters. The summed E-state index contributed by atoms with van der Waals surface area (Å²) in [5.41, 5.74) is 6.44. The van der Waals surface area contributed by atoms with Crippen LogP contribution in [-0.4, -0.2) is 50.6 Å². The van der Waals surface area contributed by atoms with Gasteiger partial charge in [0.15, 0.2) is 0 Å². The summed E-state index contributed by atoms with van der Waals surface area (Å²) in [6.07, 6.45) is 0.139. The Morgan fingerprint density at radius 2 is 1.80 bits per heavy atom. The molecule has 2 atom stereocenters. The molecule has 2 heterocycles. The Balaban J connectivity index is 2.17. The molecular weight excluding hydrogens is 258 g/mol. The highest BCUT2D eigenvalue weighted by Crippen LogP contribution is 2.27. The normalized spacial score (nSPS) is 22.6. The van der Waals surface area contributed by atoms with E-state index in [4.69, 9.17) is 19.9 Å². The van der Waals surface area contributed by atoms with Crippen LogP contribution in [0.3, 0.4) is 0 Å². The number of anilines is 2. The SMILES string of the molecule is COC1CN(c2ccc(N)c(OC(C)C)n2)CC1OC. The lowest BCUT2D eigenvalue weighted by molar-refractivity contribution is -0.00461. The molecule has 0 amide bonds. The lowest BCUT2D eigenvalue weighted by Crippen LogP contribution is -2.27. The average Bonchev–Trinajstić information content (AvgIpc) is 2.84. The van der Waals surface area contributed by atoms with E-state index in [1.165, 1.54) is 0 Å². The maximum atomic E-state index is 5.89. The van der Waals surface area contributed by atoms with Crippen molar-refractivity contribution >= 4 is 11.5 Å². The summed E-state index contributed by atoms with van der Waals surface area (Å²) in [6, 6.07) is 3.72. The first kappa shape index (κ1) is 14.9. The van der Waals surface area contributed by atoms with Crippen LogP contribution in [-0.2, 0) is 9.47 Å². The molecule has 2 rings (SSSR count). The van der Waals surface area contributed by atoms with Crippen molar-refractivity contribution in [1.29, 1.82) is 0 Å². The molecule has 1 aromatic heterocycles. The van der Waals surface area contributed by atoms with Gasteiger partial charge in [0.1, 0.15) is 18.0 Å². The lowest BCUT2D eigenvalue weighted by Gasteiger charge is -2.19. The topological polar surface area (TPSA) is 69.8 Å². The second kappa shape index (κ2) is 6.28. The molecule has 0 bridgehead atoms. The zero-order valence-corrected chi connectivity index (χ0v) is 12.5. The van der Waals surface area contributed by atoms with Crippen LogP contribution in [0.1, 0.15) is 13.8 Å². The first-order chi connectivity index (χ1) is 9.55. The standard InChI is InChI=1S/C14H23N3O3/c1-9(2)20-14-10(15)5-6-13(16-14)17-7-11(18-3)12(8-17)19-4/h5-6,9,11-12H,7-8,15H2,1-4H3. The van der Waals surface area contributed by atoms with Gasteiger partial charge in [-0.2, -0.15) is 4.98 Å². The molecule has 1 aromatic rings. The Hall–Kier alpha value is -1.53. The first-order valence-electron chi connectivity index (χ1n) is 6.78. The smallest absolute Gasteiger partial charge is 0.239 e. The van der Waals surface area contributed by atoms with Gasteiger partial charge in [-0.05, 0) is 26.0 Å². The van der Waals surface area contributed by atoms with Crippen molar-refractivity contribution in [3.05, 3.63) is 12.1 Å². The second-order valence-electron chi connectivity index (χ2n) is 5.18. The Kier molecular flexibility index (Phi) is 4.67. The number of rotatable bonds is 5. The quantitative estimate of drug-likeness (QED) is 0.877. The number of methoxy groups -OCH3 is 2. The van der Waals surface area contributed by atoms with Gasteiger partial charge in [-0.1, -0.05) is 0 Å². The van der Waals surface area contributed by atoms with E-state index in [0.717, 1.165) is 18.9 Å². The fraction of sp³-hybridized carbons (Fsp3) is 0.643. The van der Waals surface area contributed by atoms with E-state index >= 15 is 0 Å². The molecule has 0 aromatic carbocycles. The van der Waals surface area contributed by atoms with Crippen molar-refractivity contribution < 1.29 is 14.2 Å². The molecule has 1 aliphatic rings. The Morgan fingerprint density at radius 1 is 1.20 bits per heavy atom.